The van der Waals surface area contributed by atoms with Crippen molar-refractivity contribution in [1.82, 2.24) is 15.1 Å². The van der Waals surface area contributed by atoms with Gasteiger partial charge in [-0.05, 0) is 44.7 Å². The highest BCUT2D eigenvalue weighted by molar-refractivity contribution is 6.31. The van der Waals surface area contributed by atoms with Crippen molar-refractivity contribution in [1.29, 1.82) is 0 Å². The fraction of sp³-hybridized carbons (Fsp3) is 0.357. The van der Waals surface area contributed by atoms with E-state index in [1.54, 1.807) is 6.07 Å². The van der Waals surface area contributed by atoms with Gasteiger partial charge in [0.25, 0.3) is 0 Å². The maximum atomic E-state index is 13.3. The Labute approximate surface area is 117 Å². The van der Waals surface area contributed by atoms with Crippen molar-refractivity contribution in [2.24, 2.45) is 0 Å². The first-order chi connectivity index (χ1) is 9.02. The van der Waals surface area contributed by atoms with E-state index in [2.05, 4.69) is 10.4 Å². The molecule has 0 atom stereocenters. The lowest BCUT2D eigenvalue weighted by atomic mass is 10.2. The standard InChI is InChI=1S/C14H17ClFN3/c1-9-13(7-17-3)10(2)19(18-9)8-11-6-12(16)4-5-14(11)15/h4-6,17H,7-8H2,1-3H3. The number of hydrogen-bond donors (Lipinski definition) is 1. The fourth-order valence-electron chi connectivity index (χ4n) is 2.15. The van der Waals surface area contributed by atoms with Crippen molar-refractivity contribution in [3.8, 4) is 0 Å². The molecule has 0 saturated heterocycles. The molecule has 0 amide bonds. The predicted octanol–water partition coefficient (Wildman–Crippen LogP) is 3.06. The first-order valence-electron chi connectivity index (χ1n) is 6.14. The highest BCUT2D eigenvalue weighted by atomic mass is 35.5. The normalized spacial score (nSPS) is 11.0. The number of nitrogens with one attached hydrogen (secondary N) is 1. The van der Waals surface area contributed by atoms with Crippen LogP contribution in [0.4, 0.5) is 4.39 Å². The van der Waals surface area contributed by atoms with Gasteiger partial charge in [-0.2, -0.15) is 5.10 Å². The van der Waals surface area contributed by atoms with E-state index in [1.807, 2.05) is 25.6 Å². The molecule has 1 aromatic heterocycles. The zero-order valence-corrected chi connectivity index (χ0v) is 12.1. The van der Waals surface area contributed by atoms with Crippen LogP contribution in [0, 0.1) is 19.7 Å². The van der Waals surface area contributed by atoms with Gasteiger partial charge in [-0.3, -0.25) is 4.68 Å². The highest BCUT2D eigenvalue weighted by Crippen LogP contribution is 2.20. The minimum Gasteiger partial charge on any atom is -0.316 e. The van der Waals surface area contributed by atoms with Gasteiger partial charge >= 0.3 is 0 Å². The molecule has 0 unspecified atom stereocenters. The SMILES string of the molecule is CNCc1c(C)nn(Cc2cc(F)ccc2Cl)c1C. The lowest BCUT2D eigenvalue weighted by Gasteiger charge is -2.07. The van der Waals surface area contributed by atoms with Gasteiger partial charge in [-0.25, -0.2) is 4.39 Å². The largest absolute Gasteiger partial charge is 0.316 e. The summed E-state index contributed by atoms with van der Waals surface area (Å²) in [6, 6.07) is 4.39. The van der Waals surface area contributed by atoms with Crippen LogP contribution in [-0.4, -0.2) is 16.8 Å². The molecule has 0 spiro atoms. The quantitative estimate of drug-likeness (QED) is 0.933. The van der Waals surface area contributed by atoms with Crippen molar-refractivity contribution < 1.29 is 4.39 Å². The Kier molecular flexibility index (Phi) is 4.22. The fourth-order valence-corrected chi connectivity index (χ4v) is 2.32. The average Bonchev–Trinajstić information content (AvgIpc) is 2.62. The van der Waals surface area contributed by atoms with Crippen LogP contribution in [0.25, 0.3) is 0 Å². The zero-order chi connectivity index (χ0) is 14.0. The Morgan fingerprint density at radius 3 is 2.79 bits per heavy atom. The maximum Gasteiger partial charge on any atom is 0.123 e. The van der Waals surface area contributed by atoms with E-state index < -0.39 is 0 Å². The Balaban J connectivity index is 2.33. The van der Waals surface area contributed by atoms with Crippen LogP contribution in [0.1, 0.15) is 22.5 Å². The number of aryl methyl sites for hydroxylation is 1. The third-order valence-electron chi connectivity index (χ3n) is 3.21. The lowest BCUT2D eigenvalue weighted by Crippen LogP contribution is -2.08. The monoisotopic (exact) mass is 281 g/mol. The van der Waals surface area contributed by atoms with Crippen LogP contribution >= 0.6 is 11.6 Å². The summed E-state index contributed by atoms with van der Waals surface area (Å²) in [5.41, 5.74) is 3.98. The Bertz CT molecular complexity index is 593. The van der Waals surface area contributed by atoms with Gasteiger partial charge in [0, 0.05) is 22.8 Å². The molecule has 0 radical (unpaired) electrons. The van der Waals surface area contributed by atoms with E-state index >= 15 is 0 Å². The van der Waals surface area contributed by atoms with Crippen molar-refractivity contribution in [3.05, 3.63) is 51.6 Å². The van der Waals surface area contributed by atoms with Crippen LogP contribution < -0.4 is 5.32 Å². The number of benzene rings is 1. The van der Waals surface area contributed by atoms with Crippen molar-refractivity contribution in [3.63, 3.8) is 0 Å². The van der Waals surface area contributed by atoms with Crippen molar-refractivity contribution >= 4 is 11.6 Å². The molecule has 0 aliphatic carbocycles. The molecular formula is C14H17ClFN3. The maximum absolute atomic E-state index is 13.3. The zero-order valence-electron chi connectivity index (χ0n) is 11.3. The second-order valence-corrected chi connectivity index (χ2v) is 4.98. The number of halogens is 2. The van der Waals surface area contributed by atoms with Gasteiger partial charge in [0.1, 0.15) is 5.82 Å². The Hall–Kier alpha value is -1.39. The summed E-state index contributed by atoms with van der Waals surface area (Å²) < 4.78 is 15.1. The van der Waals surface area contributed by atoms with Crippen LogP contribution in [0.5, 0.6) is 0 Å². The topological polar surface area (TPSA) is 29.9 Å². The van der Waals surface area contributed by atoms with Crippen LogP contribution in [0.2, 0.25) is 5.02 Å². The molecule has 0 bridgehead atoms. The van der Waals surface area contributed by atoms with Gasteiger partial charge < -0.3 is 5.32 Å². The first-order valence-corrected chi connectivity index (χ1v) is 6.52. The number of nitrogens with zero attached hydrogens (tertiary/aromatic N) is 2. The predicted molar refractivity (Wildman–Crippen MR) is 75.0 cm³/mol. The molecule has 3 nitrogen and oxygen atoms in total. The minimum absolute atomic E-state index is 0.281. The van der Waals surface area contributed by atoms with Gasteiger partial charge in [0.15, 0.2) is 0 Å². The summed E-state index contributed by atoms with van der Waals surface area (Å²) in [4.78, 5) is 0. The summed E-state index contributed by atoms with van der Waals surface area (Å²) in [6.07, 6.45) is 0. The molecule has 0 saturated carbocycles. The third kappa shape index (κ3) is 2.96. The number of hydrogen-bond acceptors (Lipinski definition) is 2. The molecule has 19 heavy (non-hydrogen) atoms. The Morgan fingerprint density at radius 2 is 2.11 bits per heavy atom. The summed E-state index contributed by atoms with van der Waals surface area (Å²) in [5, 5.41) is 8.17. The summed E-state index contributed by atoms with van der Waals surface area (Å²) >= 11 is 6.09. The molecule has 2 rings (SSSR count). The average molecular weight is 282 g/mol. The van der Waals surface area contributed by atoms with E-state index in [-0.39, 0.29) is 5.82 Å². The molecular weight excluding hydrogens is 265 g/mol. The smallest absolute Gasteiger partial charge is 0.123 e. The summed E-state index contributed by atoms with van der Waals surface area (Å²) in [7, 11) is 1.90. The molecule has 5 heteroatoms. The van der Waals surface area contributed by atoms with Crippen LogP contribution in [0.15, 0.2) is 18.2 Å². The van der Waals surface area contributed by atoms with Crippen molar-refractivity contribution in [2.75, 3.05) is 7.05 Å². The molecule has 1 N–H and O–H groups in total. The number of rotatable bonds is 4. The number of aromatic nitrogens is 2. The molecule has 2 aromatic rings. The third-order valence-corrected chi connectivity index (χ3v) is 3.58. The lowest BCUT2D eigenvalue weighted by molar-refractivity contribution is 0.615. The van der Waals surface area contributed by atoms with Gasteiger partial charge in [-0.1, -0.05) is 11.6 Å². The van der Waals surface area contributed by atoms with Gasteiger partial charge in [0.05, 0.1) is 12.2 Å². The highest BCUT2D eigenvalue weighted by Gasteiger charge is 2.12. The summed E-state index contributed by atoms with van der Waals surface area (Å²) in [5.74, 6) is -0.281. The van der Waals surface area contributed by atoms with Crippen LogP contribution in [-0.2, 0) is 13.1 Å². The Morgan fingerprint density at radius 1 is 1.37 bits per heavy atom. The molecule has 102 valence electrons. The van der Waals surface area contributed by atoms with E-state index in [1.165, 1.54) is 17.7 Å². The second kappa shape index (κ2) is 5.72. The molecule has 1 aromatic carbocycles. The second-order valence-electron chi connectivity index (χ2n) is 4.57. The van der Waals surface area contributed by atoms with E-state index in [4.69, 9.17) is 11.6 Å². The van der Waals surface area contributed by atoms with E-state index in [0.717, 1.165) is 23.5 Å². The van der Waals surface area contributed by atoms with Gasteiger partial charge in [-0.15, -0.1) is 0 Å². The van der Waals surface area contributed by atoms with Gasteiger partial charge in [0.2, 0.25) is 0 Å². The molecule has 1 heterocycles. The van der Waals surface area contributed by atoms with E-state index in [9.17, 15) is 4.39 Å². The van der Waals surface area contributed by atoms with E-state index in [0.29, 0.717) is 11.6 Å². The molecule has 0 aliphatic heterocycles. The first kappa shape index (κ1) is 14.0. The van der Waals surface area contributed by atoms with Crippen molar-refractivity contribution in [2.45, 2.75) is 26.9 Å². The molecule has 0 fully saturated rings. The van der Waals surface area contributed by atoms with Crippen LogP contribution in [0.3, 0.4) is 0 Å². The minimum atomic E-state index is -0.281. The summed E-state index contributed by atoms with van der Waals surface area (Å²) in [6.45, 7) is 5.24. The molecule has 0 aliphatic rings.